The summed E-state index contributed by atoms with van der Waals surface area (Å²) in [6.45, 7) is 5.94. The molecule has 1 N–H and O–H groups in total. The average molecular weight is 252 g/mol. The van der Waals surface area contributed by atoms with E-state index in [-0.39, 0.29) is 5.91 Å². The summed E-state index contributed by atoms with van der Waals surface area (Å²) in [5.41, 5.74) is 1.22. The van der Waals surface area contributed by atoms with E-state index in [0.717, 1.165) is 30.8 Å². The van der Waals surface area contributed by atoms with Crippen LogP contribution in [0.5, 0.6) is 0 Å². The van der Waals surface area contributed by atoms with Gasteiger partial charge in [-0.15, -0.1) is 11.3 Å². The largest absolute Gasteiger partial charge is 0.334 e. The molecule has 0 saturated carbocycles. The molecule has 0 spiro atoms. The number of carbonyl (C=O) groups excluding carboxylic acids is 1. The van der Waals surface area contributed by atoms with Crippen LogP contribution in [0.2, 0.25) is 0 Å². The molecule has 2 heterocycles. The smallest absolute Gasteiger partial charge is 0.264 e. The van der Waals surface area contributed by atoms with Gasteiger partial charge in [0, 0.05) is 24.0 Å². The van der Waals surface area contributed by atoms with Crippen molar-refractivity contribution >= 4 is 17.2 Å². The summed E-state index contributed by atoms with van der Waals surface area (Å²) in [5.74, 6) is 0.212. The van der Waals surface area contributed by atoms with Gasteiger partial charge in [-0.3, -0.25) is 4.79 Å². The predicted molar refractivity (Wildman–Crippen MR) is 71.8 cm³/mol. The fraction of sp³-hybridized carbons (Fsp3) is 0.615. The van der Waals surface area contributed by atoms with Crippen LogP contribution in [-0.4, -0.2) is 37.0 Å². The topological polar surface area (TPSA) is 32.3 Å². The van der Waals surface area contributed by atoms with E-state index in [4.69, 9.17) is 0 Å². The Labute approximate surface area is 107 Å². The molecule has 0 aliphatic carbocycles. The quantitative estimate of drug-likeness (QED) is 0.894. The lowest BCUT2D eigenvalue weighted by Gasteiger charge is -2.23. The number of thiophene rings is 1. The molecule has 1 fully saturated rings. The number of hydrogen-bond donors (Lipinski definition) is 1. The summed E-state index contributed by atoms with van der Waals surface area (Å²) >= 11 is 1.62. The maximum Gasteiger partial charge on any atom is 0.264 e. The second kappa shape index (κ2) is 5.19. The predicted octanol–water partition coefficient (Wildman–Crippen LogP) is 2.19. The van der Waals surface area contributed by atoms with Crippen LogP contribution < -0.4 is 5.32 Å². The Morgan fingerprint density at radius 1 is 1.59 bits per heavy atom. The van der Waals surface area contributed by atoms with E-state index < -0.39 is 0 Å². The molecule has 1 saturated heterocycles. The second-order valence-corrected chi connectivity index (χ2v) is 5.96. The third-order valence-corrected chi connectivity index (χ3v) is 4.60. The Morgan fingerprint density at radius 3 is 2.94 bits per heavy atom. The maximum absolute atomic E-state index is 12.4. The van der Waals surface area contributed by atoms with Crippen LogP contribution in [0.1, 0.15) is 33.0 Å². The maximum atomic E-state index is 12.4. The van der Waals surface area contributed by atoms with Gasteiger partial charge in [0.15, 0.2) is 0 Å². The van der Waals surface area contributed by atoms with Crippen LogP contribution in [0.4, 0.5) is 0 Å². The van der Waals surface area contributed by atoms with Crippen molar-refractivity contribution in [1.82, 2.24) is 10.2 Å². The van der Waals surface area contributed by atoms with E-state index in [0.29, 0.717) is 6.04 Å². The molecule has 0 radical (unpaired) electrons. The highest BCUT2D eigenvalue weighted by molar-refractivity contribution is 7.14. The van der Waals surface area contributed by atoms with Gasteiger partial charge in [0.25, 0.3) is 5.91 Å². The number of likely N-dealkylation sites (N-methyl/N-ethyl adjacent to an activating group) is 1. The molecular formula is C13H20N2OS. The van der Waals surface area contributed by atoms with Crippen LogP contribution >= 0.6 is 11.3 Å². The first-order chi connectivity index (χ1) is 8.13. The number of hydrogen-bond acceptors (Lipinski definition) is 3. The number of rotatable bonds is 3. The number of nitrogens with zero attached hydrogens (tertiary/aromatic N) is 1. The molecule has 1 aromatic rings. The molecule has 0 unspecified atom stereocenters. The zero-order valence-corrected chi connectivity index (χ0v) is 11.6. The van der Waals surface area contributed by atoms with Crippen molar-refractivity contribution in [3.63, 3.8) is 0 Å². The van der Waals surface area contributed by atoms with Crippen LogP contribution in [0.3, 0.4) is 0 Å². The van der Waals surface area contributed by atoms with Crippen molar-refractivity contribution in [3.05, 3.63) is 21.4 Å². The van der Waals surface area contributed by atoms with Crippen molar-refractivity contribution in [1.29, 1.82) is 0 Å². The Morgan fingerprint density at radius 2 is 2.35 bits per heavy atom. The van der Waals surface area contributed by atoms with Gasteiger partial charge in [0.1, 0.15) is 0 Å². The minimum atomic E-state index is 0.212. The van der Waals surface area contributed by atoms with Gasteiger partial charge in [-0.05, 0) is 45.4 Å². The Hall–Kier alpha value is -0.870. The van der Waals surface area contributed by atoms with Crippen molar-refractivity contribution in [2.45, 2.75) is 32.7 Å². The van der Waals surface area contributed by atoms with Crippen LogP contribution in [-0.2, 0) is 0 Å². The molecule has 1 aliphatic rings. The molecule has 3 nitrogen and oxygen atoms in total. The number of nitrogens with one attached hydrogen (secondary N) is 1. The van der Waals surface area contributed by atoms with E-state index in [1.807, 2.05) is 18.0 Å². The fourth-order valence-corrected chi connectivity index (χ4v) is 3.36. The minimum Gasteiger partial charge on any atom is -0.334 e. The molecule has 2 rings (SSSR count). The van der Waals surface area contributed by atoms with Crippen molar-refractivity contribution in [2.24, 2.45) is 0 Å². The van der Waals surface area contributed by atoms with E-state index in [1.165, 1.54) is 10.4 Å². The second-order valence-electron chi connectivity index (χ2n) is 4.70. The molecule has 0 bridgehead atoms. The lowest BCUT2D eigenvalue weighted by atomic mass is 10.2. The van der Waals surface area contributed by atoms with Gasteiger partial charge in [0.05, 0.1) is 4.88 Å². The molecule has 1 aromatic heterocycles. The zero-order valence-electron chi connectivity index (χ0n) is 10.7. The van der Waals surface area contributed by atoms with Crippen molar-refractivity contribution in [2.75, 3.05) is 20.1 Å². The summed E-state index contributed by atoms with van der Waals surface area (Å²) in [4.78, 5) is 16.6. The first-order valence-electron chi connectivity index (χ1n) is 6.16. The molecule has 17 heavy (non-hydrogen) atoms. The minimum absolute atomic E-state index is 0.212. The summed E-state index contributed by atoms with van der Waals surface area (Å²) in [6.07, 6.45) is 2.25. The first-order valence-corrected chi connectivity index (χ1v) is 6.97. The SMILES string of the molecule is CNC[C@@H]1CCCN1C(=O)c1cc(C)c(C)s1. The molecule has 0 aromatic carbocycles. The van der Waals surface area contributed by atoms with Gasteiger partial charge in [0.2, 0.25) is 0 Å². The van der Waals surface area contributed by atoms with Crippen LogP contribution in [0.15, 0.2) is 6.07 Å². The summed E-state index contributed by atoms with van der Waals surface area (Å²) in [7, 11) is 1.94. The van der Waals surface area contributed by atoms with Crippen LogP contribution in [0.25, 0.3) is 0 Å². The lowest BCUT2D eigenvalue weighted by Crippen LogP contribution is -2.40. The van der Waals surface area contributed by atoms with Gasteiger partial charge >= 0.3 is 0 Å². The fourth-order valence-electron chi connectivity index (χ4n) is 2.37. The summed E-state index contributed by atoms with van der Waals surface area (Å²) in [6, 6.07) is 2.40. The molecule has 94 valence electrons. The van der Waals surface area contributed by atoms with E-state index in [9.17, 15) is 4.79 Å². The Balaban J connectivity index is 2.13. The number of likely N-dealkylation sites (tertiary alicyclic amines) is 1. The molecule has 1 atom stereocenters. The molecule has 4 heteroatoms. The van der Waals surface area contributed by atoms with Crippen molar-refractivity contribution < 1.29 is 4.79 Å². The number of amides is 1. The standard InChI is InChI=1S/C13H20N2OS/c1-9-7-12(17-10(9)2)13(16)15-6-4-5-11(15)8-14-3/h7,11,14H,4-6,8H2,1-3H3/t11-/m0/s1. The average Bonchev–Trinajstić information content (AvgIpc) is 2.87. The molecule has 1 amide bonds. The third kappa shape index (κ3) is 2.53. The highest BCUT2D eigenvalue weighted by Gasteiger charge is 2.29. The monoisotopic (exact) mass is 252 g/mol. The third-order valence-electron chi connectivity index (χ3n) is 3.45. The number of carbonyl (C=O) groups is 1. The summed E-state index contributed by atoms with van der Waals surface area (Å²) in [5, 5.41) is 3.17. The van der Waals surface area contributed by atoms with Crippen molar-refractivity contribution in [3.8, 4) is 0 Å². The molecular weight excluding hydrogens is 232 g/mol. The number of aryl methyl sites for hydroxylation is 2. The van der Waals surface area contributed by atoms with Gasteiger partial charge in [-0.2, -0.15) is 0 Å². The first kappa shape index (κ1) is 12.6. The highest BCUT2D eigenvalue weighted by atomic mass is 32.1. The molecule has 1 aliphatic heterocycles. The zero-order chi connectivity index (χ0) is 12.4. The normalized spacial score (nSPS) is 19.9. The van der Waals surface area contributed by atoms with Gasteiger partial charge < -0.3 is 10.2 Å². The van der Waals surface area contributed by atoms with Gasteiger partial charge in [-0.25, -0.2) is 0 Å². The highest BCUT2D eigenvalue weighted by Crippen LogP contribution is 2.25. The van der Waals surface area contributed by atoms with E-state index in [2.05, 4.69) is 19.2 Å². The lowest BCUT2D eigenvalue weighted by molar-refractivity contribution is 0.0742. The Bertz CT molecular complexity index is 394. The van der Waals surface area contributed by atoms with Gasteiger partial charge in [-0.1, -0.05) is 0 Å². The van der Waals surface area contributed by atoms with E-state index in [1.54, 1.807) is 11.3 Å². The Kier molecular flexibility index (Phi) is 3.84. The summed E-state index contributed by atoms with van der Waals surface area (Å²) < 4.78 is 0. The van der Waals surface area contributed by atoms with Crippen LogP contribution in [0, 0.1) is 13.8 Å². The van der Waals surface area contributed by atoms with E-state index >= 15 is 0 Å².